The summed E-state index contributed by atoms with van der Waals surface area (Å²) in [7, 11) is 0. The van der Waals surface area contributed by atoms with Crippen LogP contribution in [0.1, 0.15) is 18.4 Å². The zero-order valence-corrected chi connectivity index (χ0v) is 14.0. The molecule has 0 radical (unpaired) electrons. The average Bonchev–Trinajstić information content (AvgIpc) is 2.65. The van der Waals surface area contributed by atoms with E-state index >= 15 is 0 Å². The van der Waals surface area contributed by atoms with Gasteiger partial charge in [-0.2, -0.15) is 0 Å². The lowest BCUT2D eigenvalue weighted by atomic mass is 10.0. The van der Waals surface area contributed by atoms with E-state index in [1.165, 1.54) is 18.0 Å². The van der Waals surface area contributed by atoms with E-state index in [-0.39, 0.29) is 0 Å². The van der Waals surface area contributed by atoms with Crippen LogP contribution < -0.4 is 10.6 Å². The fourth-order valence-corrected chi connectivity index (χ4v) is 3.18. The minimum atomic E-state index is -0.827. The summed E-state index contributed by atoms with van der Waals surface area (Å²) in [5.41, 5.74) is 8.18. The van der Waals surface area contributed by atoms with Gasteiger partial charge in [0.15, 0.2) is 17.3 Å². The van der Waals surface area contributed by atoms with Gasteiger partial charge >= 0.3 is 0 Å². The van der Waals surface area contributed by atoms with Crippen molar-refractivity contribution >= 4 is 28.7 Å². The summed E-state index contributed by atoms with van der Waals surface area (Å²) in [6, 6.07) is 7.60. The number of benzene rings is 1. The molecule has 1 aromatic carbocycles. The lowest BCUT2D eigenvalue weighted by molar-refractivity contribution is 0.508. The molecule has 0 bridgehead atoms. The van der Waals surface area contributed by atoms with Gasteiger partial charge in [0.05, 0.1) is 5.39 Å². The van der Waals surface area contributed by atoms with Crippen LogP contribution >= 0.6 is 0 Å². The van der Waals surface area contributed by atoms with E-state index in [9.17, 15) is 8.78 Å². The van der Waals surface area contributed by atoms with Gasteiger partial charge in [-0.05, 0) is 42.7 Å². The van der Waals surface area contributed by atoms with Gasteiger partial charge in [-0.1, -0.05) is 17.7 Å². The first-order valence-electron chi connectivity index (χ1n) is 8.37. The maximum atomic E-state index is 13.4. The van der Waals surface area contributed by atoms with Gasteiger partial charge in [0, 0.05) is 13.1 Å². The van der Waals surface area contributed by atoms with Crippen LogP contribution in [0.5, 0.6) is 0 Å². The van der Waals surface area contributed by atoms with Crippen molar-refractivity contribution in [3.05, 3.63) is 59.4 Å². The molecule has 1 saturated heterocycles. The number of pyridine rings is 1. The van der Waals surface area contributed by atoms with Crippen LogP contribution in [0.3, 0.4) is 0 Å². The van der Waals surface area contributed by atoms with Crippen LogP contribution in [0.4, 0.5) is 20.4 Å². The Hall–Kier alpha value is -3.09. The number of piperidine rings is 1. The van der Waals surface area contributed by atoms with E-state index in [1.807, 2.05) is 12.1 Å². The van der Waals surface area contributed by atoms with Crippen molar-refractivity contribution in [2.45, 2.75) is 12.8 Å². The molecule has 3 heterocycles. The second-order valence-electron chi connectivity index (χ2n) is 6.27. The number of hydrogen-bond acceptors (Lipinski definition) is 5. The molecule has 0 amide bonds. The van der Waals surface area contributed by atoms with Crippen LogP contribution in [-0.4, -0.2) is 28.0 Å². The zero-order valence-electron chi connectivity index (χ0n) is 14.0. The Morgan fingerprint density at radius 1 is 1.00 bits per heavy atom. The predicted molar refractivity (Wildman–Crippen MR) is 97.5 cm³/mol. The van der Waals surface area contributed by atoms with Crippen molar-refractivity contribution in [3.8, 4) is 0 Å². The standard InChI is InChI=1S/C19H17F2N5/c20-15-3-1-13(10-16(15)21)9-12-5-7-26(8-6-12)19-14-2-4-17(22)25-18(14)23-11-24-19/h1-4,9-11H,5-8H2,(H2,22,23,24,25). The Morgan fingerprint density at radius 3 is 2.58 bits per heavy atom. The lowest BCUT2D eigenvalue weighted by Gasteiger charge is -2.30. The van der Waals surface area contributed by atoms with Crippen molar-refractivity contribution in [1.82, 2.24) is 15.0 Å². The quantitative estimate of drug-likeness (QED) is 0.763. The van der Waals surface area contributed by atoms with Gasteiger partial charge in [0.2, 0.25) is 0 Å². The first-order valence-corrected chi connectivity index (χ1v) is 8.37. The average molecular weight is 353 g/mol. The molecule has 0 atom stereocenters. The summed E-state index contributed by atoms with van der Waals surface area (Å²) in [5, 5.41) is 0.870. The molecular weight excluding hydrogens is 336 g/mol. The number of rotatable bonds is 2. The fraction of sp³-hybridized carbons (Fsp3) is 0.211. The van der Waals surface area contributed by atoms with Crippen LogP contribution in [0.2, 0.25) is 0 Å². The molecular formula is C19H17F2N5. The molecule has 26 heavy (non-hydrogen) atoms. The maximum Gasteiger partial charge on any atom is 0.166 e. The van der Waals surface area contributed by atoms with Crippen molar-refractivity contribution in [2.75, 3.05) is 23.7 Å². The second-order valence-corrected chi connectivity index (χ2v) is 6.27. The molecule has 0 spiro atoms. The summed E-state index contributed by atoms with van der Waals surface area (Å²) in [6.45, 7) is 1.57. The summed E-state index contributed by atoms with van der Waals surface area (Å²) in [4.78, 5) is 15.0. The van der Waals surface area contributed by atoms with Crippen LogP contribution in [-0.2, 0) is 0 Å². The number of aromatic nitrogens is 3. The molecule has 5 nitrogen and oxygen atoms in total. The molecule has 4 rings (SSSR count). The summed E-state index contributed by atoms with van der Waals surface area (Å²) in [6.07, 6.45) is 5.08. The summed E-state index contributed by atoms with van der Waals surface area (Å²) >= 11 is 0. The van der Waals surface area contributed by atoms with Crippen LogP contribution in [0, 0.1) is 11.6 Å². The van der Waals surface area contributed by atoms with Gasteiger partial charge in [-0.25, -0.2) is 23.7 Å². The molecule has 7 heteroatoms. The van der Waals surface area contributed by atoms with Gasteiger partial charge in [0.1, 0.15) is 18.0 Å². The molecule has 0 aliphatic carbocycles. The first kappa shape index (κ1) is 16.4. The van der Waals surface area contributed by atoms with Gasteiger partial charge in [0.25, 0.3) is 0 Å². The van der Waals surface area contributed by atoms with Gasteiger partial charge in [-0.15, -0.1) is 0 Å². The van der Waals surface area contributed by atoms with Gasteiger partial charge in [-0.3, -0.25) is 0 Å². The molecule has 1 aliphatic rings. The van der Waals surface area contributed by atoms with E-state index in [1.54, 1.807) is 12.1 Å². The predicted octanol–water partition coefficient (Wildman–Crippen LogP) is 3.57. The Labute approximate surface area is 149 Å². The monoisotopic (exact) mass is 353 g/mol. The van der Waals surface area contributed by atoms with Crippen molar-refractivity contribution in [2.24, 2.45) is 0 Å². The second kappa shape index (κ2) is 6.67. The Bertz CT molecular complexity index is 992. The first-order chi connectivity index (χ1) is 12.6. The highest BCUT2D eigenvalue weighted by Crippen LogP contribution is 2.28. The highest BCUT2D eigenvalue weighted by atomic mass is 19.2. The molecule has 1 fully saturated rings. The van der Waals surface area contributed by atoms with Crippen molar-refractivity contribution in [1.29, 1.82) is 0 Å². The lowest BCUT2D eigenvalue weighted by Crippen LogP contribution is -2.31. The van der Waals surface area contributed by atoms with Crippen LogP contribution in [0.15, 0.2) is 42.2 Å². The Kier molecular flexibility index (Phi) is 4.20. The molecule has 132 valence electrons. The number of fused-ring (bicyclic) bond motifs is 1. The highest BCUT2D eigenvalue weighted by molar-refractivity contribution is 5.87. The molecule has 1 aliphatic heterocycles. The number of anilines is 2. The zero-order chi connectivity index (χ0) is 18.1. The third-order valence-corrected chi connectivity index (χ3v) is 4.52. The van der Waals surface area contributed by atoms with E-state index in [0.29, 0.717) is 17.0 Å². The topological polar surface area (TPSA) is 67.9 Å². The van der Waals surface area contributed by atoms with E-state index in [0.717, 1.165) is 43.2 Å². The third kappa shape index (κ3) is 3.20. The SMILES string of the molecule is Nc1ccc2c(N3CCC(=Cc4ccc(F)c(F)c4)CC3)ncnc2n1. The van der Waals surface area contributed by atoms with E-state index in [2.05, 4.69) is 19.9 Å². The summed E-state index contributed by atoms with van der Waals surface area (Å²) in [5.74, 6) is -0.380. The fourth-order valence-electron chi connectivity index (χ4n) is 3.18. The van der Waals surface area contributed by atoms with E-state index in [4.69, 9.17) is 5.73 Å². The number of hydrogen-bond donors (Lipinski definition) is 1. The maximum absolute atomic E-state index is 13.4. The van der Waals surface area contributed by atoms with Crippen molar-refractivity contribution < 1.29 is 8.78 Å². The normalized spacial score (nSPS) is 14.7. The molecule has 2 N–H and O–H groups in total. The van der Waals surface area contributed by atoms with Crippen LogP contribution in [0.25, 0.3) is 17.1 Å². The highest BCUT2D eigenvalue weighted by Gasteiger charge is 2.18. The molecule has 3 aromatic rings. The van der Waals surface area contributed by atoms with E-state index < -0.39 is 11.6 Å². The smallest absolute Gasteiger partial charge is 0.166 e. The number of nitrogens with two attached hydrogens (primary N) is 1. The summed E-state index contributed by atoms with van der Waals surface area (Å²) < 4.78 is 26.4. The Balaban J connectivity index is 1.53. The Morgan fingerprint density at radius 2 is 1.81 bits per heavy atom. The molecule has 2 aromatic heterocycles. The number of nitrogen functional groups attached to an aromatic ring is 1. The number of nitrogens with zero attached hydrogens (tertiary/aromatic N) is 4. The minimum absolute atomic E-state index is 0.428. The molecule has 0 unspecified atom stereocenters. The third-order valence-electron chi connectivity index (χ3n) is 4.52. The van der Waals surface area contributed by atoms with Gasteiger partial charge < -0.3 is 10.6 Å². The minimum Gasteiger partial charge on any atom is -0.384 e. The molecule has 0 saturated carbocycles. The van der Waals surface area contributed by atoms with Crippen molar-refractivity contribution in [3.63, 3.8) is 0 Å². The largest absolute Gasteiger partial charge is 0.384 e. The number of halogens is 2.